The Kier molecular flexibility index (Phi) is 7.65. The topological polar surface area (TPSA) is 34.1 Å². The number of nitrogens with one attached hydrogen (secondary N) is 1. The highest BCUT2D eigenvalue weighted by Gasteiger charge is 2.31. The van der Waals surface area contributed by atoms with Crippen LogP contribution in [0, 0.1) is 0 Å². The van der Waals surface area contributed by atoms with E-state index in [4.69, 9.17) is 16.3 Å². The number of methoxy groups -OCH3 is 1. The molecule has 0 aliphatic carbocycles. The van der Waals surface area contributed by atoms with Crippen LogP contribution < -0.4 is 5.32 Å². The van der Waals surface area contributed by atoms with E-state index in [0.717, 1.165) is 37.5 Å². The van der Waals surface area contributed by atoms with Gasteiger partial charge in [-0.25, -0.2) is 4.98 Å². The fourth-order valence-electron chi connectivity index (χ4n) is 1.35. The average molecular weight is 329 g/mol. The maximum atomic E-state index is 12.4. The van der Waals surface area contributed by atoms with Gasteiger partial charge in [-0.2, -0.15) is 13.2 Å². The van der Waals surface area contributed by atoms with Gasteiger partial charge in [-0.1, -0.05) is 11.6 Å². The standard InChI is InChI=1S/C12H16ClF3N2OS/c1-19-5-4-17-3-2-6-20-11-10(13)7-9(8-18-11)12(14,15)16/h7-8,17H,2-6H2,1H3. The fourth-order valence-corrected chi connectivity index (χ4v) is 2.49. The second kappa shape index (κ2) is 8.71. The van der Waals surface area contributed by atoms with E-state index in [0.29, 0.717) is 11.6 Å². The van der Waals surface area contributed by atoms with Gasteiger partial charge in [-0.15, -0.1) is 11.8 Å². The number of hydrogen-bond acceptors (Lipinski definition) is 4. The summed E-state index contributed by atoms with van der Waals surface area (Å²) in [6.07, 6.45) is -2.73. The zero-order chi connectivity index (χ0) is 15.0. The van der Waals surface area contributed by atoms with Gasteiger partial charge in [0.15, 0.2) is 0 Å². The van der Waals surface area contributed by atoms with Crippen LogP contribution in [0.15, 0.2) is 17.3 Å². The summed E-state index contributed by atoms with van der Waals surface area (Å²) in [4.78, 5) is 3.76. The van der Waals surface area contributed by atoms with Crippen molar-refractivity contribution in [1.29, 1.82) is 0 Å². The molecule has 0 amide bonds. The second-order valence-corrected chi connectivity index (χ2v) is 5.44. The number of nitrogens with zero attached hydrogens (tertiary/aromatic N) is 1. The van der Waals surface area contributed by atoms with Crippen molar-refractivity contribution in [2.24, 2.45) is 0 Å². The van der Waals surface area contributed by atoms with Crippen molar-refractivity contribution in [3.05, 3.63) is 22.8 Å². The molecule has 0 unspecified atom stereocenters. The minimum atomic E-state index is -4.41. The molecule has 0 aliphatic rings. The molecule has 0 saturated carbocycles. The number of halogens is 4. The van der Waals surface area contributed by atoms with Crippen LogP contribution in [-0.4, -0.2) is 37.5 Å². The lowest BCUT2D eigenvalue weighted by Crippen LogP contribution is -2.20. The predicted octanol–water partition coefficient (Wildman–Crippen LogP) is 3.47. The second-order valence-electron chi connectivity index (χ2n) is 3.95. The van der Waals surface area contributed by atoms with Crippen molar-refractivity contribution in [3.8, 4) is 0 Å². The third kappa shape index (κ3) is 6.30. The van der Waals surface area contributed by atoms with E-state index >= 15 is 0 Å². The zero-order valence-electron chi connectivity index (χ0n) is 11.0. The zero-order valence-corrected chi connectivity index (χ0v) is 12.5. The van der Waals surface area contributed by atoms with E-state index in [1.165, 1.54) is 11.8 Å². The molecule has 114 valence electrons. The van der Waals surface area contributed by atoms with Crippen LogP contribution in [0.5, 0.6) is 0 Å². The molecule has 8 heteroatoms. The van der Waals surface area contributed by atoms with E-state index in [1.807, 2.05) is 0 Å². The third-order valence-electron chi connectivity index (χ3n) is 2.35. The summed E-state index contributed by atoms with van der Waals surface area (Å²) in [6, 6.07) is 0.910. The molecule has 3 nitrogen and oxygen atoms in total. The largest absolute Gasteiger partial charge is 0.417 e. The molecule has 0 spiro atoms. The van der Waals surface area contributed by atoms with Gasteiger partial charge in [0.25, 0.3) is 0 Å². The molecule has 1 aromatic rings. The molecule has 1 heterocycles. The summed E-state index contributed by atoms with van der Waals surface area (Å²) in [7, 11) is 1.63. The van der Waals surface area contributed by atoms with Gasteiger partial charge in [0.05, 0.1) is 17.2 Å². The molecule has 0 bridgehead atoms. The lowest BCUT2D eigenvalue weighted by molar-refractivity contribution is -0.137. The summed E-state index contributed by atoms with van der Waals surface area (Å²) in [5.41, 5.74) is -0.826. The first-order valence-corrected chi connectivity index (χ1v) is 7.36. The lowest BCUT2D eigenvalue weighted by atomic mass is 10.3. The van der Waals surface area contributed by atoms with Gasteiger partial charge in [0, 0.05) is 25.6 Å². The van der Waals surface area contributed by atoms with Crippen LogP contribution >= 0.6 is 23.4 Å². The Hall–Kier alpha value is -0.500. The Bertz CT molecular complexity index is 418. The van der Waals surface area contributed by atoms with Crippen LogP contribution in [0.1, 0.15) is 12.0 Å². The van der Waals surface area contributed by atoms with E-state index in [2.05, 4.69) is 10.3 Å². The van der Waals surface area contributed by atoms with Gasteiger partial charge >= 0.3 is 6.18 Å². The summed E-state index contributed by atoms with van der Waals surface area (Å²) in [6.45, 7) is 2.24. The molecule has 0 atom stereocenters. The predicted molar refractivity (Wildman–Crippen MR) is 74.3 cm³/mol. The number of alkyl halides is 3. The van der Waals surface area contributed by atoms with Crippen molar-refractivity contribution in [2.45, 2.75) is 17.6 Å². The van der Waals surface area contributed by atoms with E-state index in [1.54, 1.807) is 7.11 Å². The highest BCUT2D eigenvalue weighted by atomic mass is 35.5. The van der Waals surface area contributed by atoms with Gasteiger partial charge in [0.1, 0.15) is 5.03 Å². The highest BCUT2D eigenvalue weighted by Crippen LogP contribution is 2.33. The number of hydrogen-bond donors (Lipinski definition) is 1. The molecular weight excluding hydrogens is 313 g/mol. The third-order valence-corrected chi connectivity index (χ3v) is 3.85. The number of aromatic nitrogens is 1. The molecule has 0 radical (unpaired) electrons. The first kappa shape index (κ1) is 17.6. The Labute approximate surface area is 125 Å². The first-order chi connectivity index (χ1) is 9.45. The van der Waals surface area contributed by atoms with Crippen molar-refractivity contribution in [2.75, 3.05) is 32.6 Å². The van der Waals surface area contributed by atoms with Crippen LogP contribution in [0.2, 0.25) is 5.02 Å². The molecular formula is C12H16ClF3N2OS. The smallest absolute Gasteiger partial charge is 0.383 e. The molecule has 0 fully saturated rings. The normalized spacial score (nSPS) is 11.8. The van der Waals surface area contributed by atoms with E-state index < -0.39 is 11.7 Å². The van der Waals surface area contributed by atoms with Crippen LogP contribution in [0.25, 0.3) is 0 Å². The number of thioether (sulfide) groups is 1. The first-order valence-electron chi connectivity index (χ1n) is 6.00. The lowest BCUT2D eigenvalue weighted by Gasteiger charge is -2.09. The van der Waals surface area contributed by atoms with Crippen LogP contribution in [0.4, 0.5) is 13.2 Å². The van der Waals surface area contributed by atoms with Crippen molar-refractivity contribution in [1.82, 2.24) is 10.3 Å². The van der Waals surface area contributed by atoms with Crippen LogP contribution in [0.3, 0.4) is 0 Å². The summed E-state index contributed by atoms with van der Waals surface area (Å²) in [5, 5.41) is 3.64. The Morgan fingerprint density at radius 2 is 2.15 bits per heavy atom. The SMILES string of the molecule is COCCNCCCSc1ncc(C(F)(F)F)cc1Cl. The van der Waals surface area contributed by atoms with E-state index in [-0.39, 0.29) is 5.02 Å². The summed E-state index contributed by atoms with van der Waals surface area (Å²) in [5.74, 6) is 0.734. The molecule has 0 aromatic carbocycles. The summed E-state index contributed by atoms with van der Waals surface area (Å²) < 4.78 is 42.2. The van der Waals surface area contributed by atoms with Crippen molar-refractivity contribution in [3.63, 3.8) is 0 Å². The Balaban J connectivity index is 2.34. The molecule has 0 aliphatic heterocycles. The summed E-state index contributed by atoms with van der Waals surface area (Å²) >= 11 is 7.15. The maximum absolute atomic E-state index is 12.4. The molecule has 20 heavy (non-hydrogen) atoms. The van der Waals surface area contributed by atoms with Gasteiger partial charge in [-0.3, -0.25) is 0 Å². The Morgan fingerprint density at radius 1 is 1.40 bits per heavy atom. The molecule has 1 rings (SSSR count). The fraction of sp³-hybridized carbons (Fsp3) is 0.583. The van der Waals surface area contributed by atoms with Gasteiger partial charge < -0.3 is 10.1 Å². The Morgan fingerprint density at radius 3 is 2.75 bits per heavy atom. The van der Waals surface area contributed by atoms with E-state index in [9.17, 15) is 13.2 Å². The van der Waals surface area contributed by atoms with Crippen LogP contribution in [-0.2, 0) is 10.9 Å². The maximum Gasteiger partial charge on any atom is 0.417 e. The van der Waals surface area contributed by atoms with Crippen molar-refractivity contribution < 1.29 is 17.9 Å². The quantitative estimate of drug-likeness (QED) is 0.585. The van der Waals surface area contributed by atoms with Crippen molar-refractivity contribution >= 4 is 23.4 Å². The molecule has 1 N–H and O–H groups in total. The molecule has 1 aromatic heterocycles. The minimum absolute atomic E-state index is 0.0390. The number of ether oxygens (including phenoxy) is 1. The van der Waals surface area contributed by atoms with Gasteiger partial charge in [-0.05, 0) is 19.0 Å². The van der Waals surface area contributed by atoms with Gasteiger partial charge in [0.2, 0.25) is 0 Å². The number of pyridine rings is 1. The molecule has 0 saturated heterocycles. The average Bonchev–Trinajstić information content (AvgIpc) is 2.38. The minimum Gasteiger partial charge on any atom is -0.383 e. The monoisotopic (exact) mass is 328 g/mol. The highest BCUT2D eigenvalue weighted by molar-refractivity contribution is 7.99. The number of rotatable bonds is 8.